The Morgan fingerprint density at radius 1 is 0.824 bits per heavy atom. The van der Waals surface area contributed by atoms with Gasteiger partial charge >= 0.3 is 0 Å². The first-order valence-corrected chi connectivity index (χ1v) is 7.03. The van der Waals surface area contributed by atoms with Gasteiger partial charge in [-0.15, -0.1) is 0 Å². The summed E-state index contributed by atoms with van der Waals surface area (Å²) >= 11 is 0. The Kier molecular flexibility index (Phi) is 8.06. The fourth-order valence-electron chi connectivity index (χ4n) is 1.52. The van der Waals surface area contributed by atoms with Crippen LogP contribution in [0.3, 0.4) is 0 Å². The summed E-state index contributed by atoms with van der Waals surface area (Å²) in [4.78, 5) is 0. The number of hydrogen-bond acceptors (Lipinski definition) is 2. The van der Waals surface area contributed by atoms with E-state index in [4.69, 9.17) is 4.74 Å². The average Bonchev–Trinajstić information content (AvgIpc) is 2.11. The van der Waals surface area contributed by atoms with Crippen LogP contribution in [0.1, 0.15) is 67.2 Å². The topological polar surface area (TPSA) is 21.3 Å². The molecule has 0 heterocycles. The standard InChI is InChI=1S/C15H33NO/c1-14(2,3)13-17-12-10-8-7-9-11-16-15(4,5)6/h16H,7-13H2,1-6H3. The molecule has 0 unspecified atom stereocenters. The van der Waals surface area contributed by atoms with Crippen molar-refractivity contribution in [3.8, 4) is 0 Å². The van der Waals surface area contributed by atoms with E-state index in [0.717, 1.165) is 19.8 Å². The largest absolute Gasteiger partial charge is 0.381 e. The Morgan fingerprint density at radius 3 is 1.94 bits per heavy atom. The van der Waals surface area contributed by atoms with Gasteiger partial charge in [0.2, 0.25) is 0 Å². The molecule has 1 N–H and O–H groups in total. The van der Waals surface area contributed by atoms with E-state index in [-0.39, 0.29) is 5.54 Å². The molecular formula is C15H33NO. The van der Waals surface area contributed by atoms with Gasteiger partial charge in [0, 0.05) is 12.1 Å². The predicted octanol–water partition coefficient (Wildman–Crippen LogP) is 4.00. The van der Waals surface area contributed by atoms with Crippen LogP contribution in [0, 0.1) is 5.41 Å². The predicted molar refractivity (Wildman–Crippen MR) is 76.5 cm³/mol. The lowest BCUT2D eigenvalue weighted by Crippen LogP contribution is -2.36. The molecule has 104 valence electrons. The average molecular weight is 243 g/mol. The Balaban J connectivity index is 3.15. The van der Waals surface area contributed by atoms with Crippen molar-refractivity contribution in [3.63, 3.8) is 0 Å². The second kappa shape index (κ2) is 8.10. The first-order chi connectivity index (χ1) is 7.71. The highest BCUT2D eigenvalue weighted by Gasteiger charge is 2.09. The lowest BCUT2D eigenvalue weighted by atomic mass is 9.99. The van der Waals surface area contributed by atoms with Crippen molar-refractivity contribution in [1.29, 1.82) is 0 Å². The van der Waals surface area contributed by atoms with E-state index >= 15 is 0 Å². The molecule has 0 rings (SSSR count). The van der Waals surface area contributed by atoms with Crippen molar-refractivity contribution in [1.82, 2.24) is 5.32 Å². The van der Waals surface area contributed by atoms with Crippen LogP contribution < -0.4 is 5.32 Å². The summed E-state index contributed by atoms with van der Waals surface area (Å²) in [6, 6.07) is 0. The maximum atomic E-state index is 5.64. The summed E-state index contributed by atoms with van der Waals surface area (Å²) in [6.45, 7) is 16.2. The molecule has 0 aliphatic heterocycles. The van der Waals surface area contributed by atoms with Crippen LogP contribution in [0.4, 0.5) is 0 Å². The molecule has 0 amide bonds. The van der Waals surface area contributed by atoms with Gasteiger partial charge in [-0.25, -0.2) is 0 Å². The molecule has 0 aromatic rings. The summed E-state index contributed by atoms with van der Waals surface area (Å²) in [5, 5.41) is 3.51. The van der Waals surface area contributed by atoms with E-state index in [1.807, 2.05) is 0 Å². The SMILES string of the molecule is CC(C)(C)COCCCCCCNC(C)(C)C. The molecule has 0 aromatic carbocycles. The fourth-order valence-corrected chi connectivity index (χ4v) is 1.52. The molecule has 0 aromatic heterocycles. The van der Waals surface area contributed by atoms with Crippen LogP contribution in [0.2, 0.25) is 0 Å². The Morgan fingerprint density at radius 2 is 1.41 bits per heavy atom. The van der Waals surface area contributed by atoms with E-state index in [1.54, 1.807) is 0 Å². The van der Waals surface area contributed by atoms with Crippen molar-refractivity contribution in [2.75, 3.05) is 19.8 Å². The molecule has 2 nitrogen and oxygen atoms in total. The monoisotopic (exact) mass is 243 g/mol. The molecule has 0 aliphatic rings. The molecule has 0 spiro atoms. The first-order valence-electron chi connectivity index (χ1n) is 7.03. The maximum absolute atomic E-state index is 5.64. The van der Waals surface area contributed by atoms with Crippen LogP contribution in [0.25, 0.3) is 0 Å². The second-order valence-electron chi connectivity index (χ2n) is 7.20. The van der Waals surface area contributed by atoms with E-state index in [9.17, 15) is 0 Å². The Bertz CT molecular complexity index is 156. The summed E-state index contributed by atoms with van der Waals surface area (Å²) in [6.07, 6.45) is 5.07. The van der Waals surface area contributed by atoms with Gasteiger partial charge in [-0.2, -0.15) is 0 Å². The van der Waals surface area contributed by atoms with E-state index in [2.05, 4.69) is 46.9 Å². The van der Waals surface area contributed by atoms with Crippen LogP contribution in [-0.2, 0) is 4.74 Å². The highest BCUT2D eigenvalue weighted by atomic mass is 16.5. The third-order valence-corrected chi connectivity index (χ3v) is 2.41. The Labute approximate surface area is 109 Å². The van der Waals surface area contributed by atoms with Gasteiger partial charge in [0.05, 0.1) is 6.61 Å². The minimum atomic E-state index is 0.260. The smallest absolute Gasteiger partial charge is 0.0514 e. The molecule has 17 heavy (non-hydrogen) atoms. The van der Waals surface area contributed by atoms with Gasteiger partial charge in [0.1, 0.15) is 0 Å². The molecule has 0 aliphatic carbocycles. The lowest BCUT2D eigenvalue weighted by molar-refractivity contribution is 0.0686. The zero-order chi connectivity index (χ0) is 13.4. The molecule has 0 saturated heterocycles. The summed E-state index contributed by atoms with van der Waals surface area (Å²) in [7, 11) is 0. The number of nitrogens with one attached hydrogen (secondary N) is 1. The molecule has 0 saturated carbocycles. The van der Waals surface area contributed by atoms with Crippen LogP contribution in [0.15, 0.2) is 0 Å². The number of rotatable bonds is 8. The van der Waals surface area contributed by atoms with Gasteiger partial charge in [0.15, 0.2) is 0 Å². The van der Waals surface area contributed by atoms with E-state index < -0.39 is 0 Å². The summed E-state index contributed by atoms with van der Waals surface area (Å²) in [5.41, 5.74) is 0.562. The van der Waals surface area contributed by atoms with Crippen molar-refractivity contribution >= 4 is 0 Å². The number of hydrogen-bond donors (Lipinski definition) is 1. The number of unbranched alkanes of at least 4 members (excludes halogenated alkanes) is 3. The third kappa shape index (κ3) is 15.9. The lowest BCUT2D eigenvalue weighted by Gasteiger charge is -2.20. The van der Waals surface area contributed by atoms with Gasteiger partial charge < -0.3 is 10.1 Å². The van der Waals surface area contributed by atoms with Crippen LogP contribution in [-0.4, -0.2) is 25.3 Å². The Hall–Kier alpha value is -0.0800. The van der Waals surface area contributed by atoms with E-state index in [0.29, 0.717) is 5.41 Å². The van der Waals surface area contributed by atoms with Gasteiger partial charge in [-0.1, -0.05) is 33.6 Å². The molecule has 0 bridgehead atoms. The minimum absolute atomic E-state index is 0.260. The van der Waals surface area contributed by atoms with Gasteiger partial charge in [-0.3, -0.25) is 0 Å². The molecule has 0 atom stereocenters. The number of ether oxygens (including phenoxy) is 1. The fraction of sp³-hybridized carbons (Fsp3) is 1.00. The first kappa shape index (κ1) is 16.9. The zero-order valence-electron chi connectivity index (χ0n) is 12.9. The van der Waals surface area contributed by atoms with Crippen LogP contribution >= 0.6 is 0 Å². The van der Waals surface area contributed by atoms with E-state index in [1.165, 1.54) is 25.7 Å². The second-order valence-corrected chi connectivity index (χ2v) is 7.20. The molecular weight excluding hydrogens is 210 g/mol. The van der Waals surface area contributed by atoms with Crippen LogP contribution in [0.5, 0.6) is 0 Å². The van der Waals surface area contributed by atoms with Gasteiger partial charge in [-0.05, 0) is 45.6 Å². The summed E-state index contributed by atoms with van der Waals surface area (Å²) in [5.74, 6) is 0. The normalized spacial score (nSPS) is 13.1. The summed E-state index contributed by atoms with van der Waals surface area (Å²) < 4.78 is 5.64. The highest BCUT2D eigenvalue weighted by molar-refractivity contribution is 4.69. The van der Waals surface area contributed by atoms with Gasteiger partial charge in [0.25, 0.3) is 0 Å². The molecule has 0 radical (unpaired) electrons. The molecule has 2 heteroatoms. The quantitative estimate of drug-likeness (QED) is 0.651. The van der Waals surface area contributed by atoms with Crippen molar-refractivity contribution < 1.29 is 4.74 Å². The highest BCUT2D eigenvalue weighted by Crippen LogP contribution is 2.13. The minimum Gasteiger partial charge on any atom is -0.381 e. The molecule has 0 fully saturated rings. The third-order valence-electron chi connectivity index (χ3n) is 2.41. The zero-order valence-corrected chi connectivity index (χ0v) is 12.9. The van der Waals surface area contributed by atoms with Crippen molar-refractivity contribution in [3.05, 3.63) is 0 Å². The maximum Gasteiger partial charge on any atom is 0.0514 e. The van der Waals surface area contributed by atoms with Crippen molar-refractivity contribution in [2.24, 2.45) is 5.41 Å². The van der Waals surface area contributed by atoms with Crippen molar-refractivity contribution in [2.45, 2.75) is 72.8 Å².